The highest BCUT2D eigenvalue weighted by Gasteiger charge is 2.39. The summed E-state index contributed by atoms with van der Waals surface area (Å²) in [6.45, 7) is 7.41. The normalized spacial score (nSPS) is 11.0. The Hall–Kier alpha value is -2.53. The van der Waals surface area contributed by atoms with E-state index in [4.69, 9.17) is 16.3 Å². The molecule has 0 aliphatic heterocycles. The number of carbonyl (C=O) groups excluding carboxylic acids is 2. The second-order valence-electron chi connectivity index (χ2n) is 6.77. The zero-order valence-corrected chi connectivity index (χ0v) is 17.1. The van der Waals surface area contributed by atoms with Crippen molar-refractivity contribution in [3.05, 3.63) is 53.1 Å². The largest absolute Gasteiger partial charge is 0.495 e. The number of carbonyl (C=O) groups is 2. The van der Waals surface area contributed by atoms with Crippen LogP contribution in [0, 0.1) is 12.3 Å². The molecule has 0 atom stereocenters. The van der Waals surface area contributed by atoms with E-state index >= 15 is 0 Å². The number of hydrogen-bond acceptors (Lipinski definition) is 3. The number of benzene rings is 2. The molecule has 2 aromatic carbocycles. The number of methoxy groups -OCH3 is 1. The molecule has 27 heavy (non-hydrogen) atoms. The van der Waals surface area contributed by atoms with Crippen LogP contribution in [-0.2, 0) is 9.59 Å². The standard InChI is InChI=1S/C21H25ClN2O3/c1-6-24(15-10-8-7-9-11-15)20(26)21(3,4)19(25)23-17-12-14(2)16(22)13-18(17)27-5/h7-13H,6H2,1-5H3,(H,23,25). The van der Waals surface area contributed by atoms with Gasteiger partial charge in [-0.25, -0.2) is 0 Å². The third-order valence-electron chi connectivity index (χ3n) is 4.46. The molecule has 0 heterocycles. The van der Waals surface area contributed by atoms with Gasteiger partial charge in [-0.15, -0.1) is 0 Å². The van der Waals surface area contributed by atoms with Gasteiger partial charge in [-0.2, -0.15) is 0 Å². The van der Waals surface area contributed by atoms with Crippen LogP contribution in [0.4, 0.5) is 11.4 Å². The van der Waals surface area contributed by atoms with Gasteiger partial charge in [0, 0.05) is 23.3 Å². The smallest absolute Gasteiger partial charge is 0.242 e. The van der Waals surface area contributed by atoms with Crippen LogP contribution in [0.15, 0.2) is 42.5 Å². The third kappa shape index (κ3) is 4.42. The number of amides is 2. The first-order valence-corrected chi connectivity index (χ1v) is 9.12. The summed E-state index contributed by atoms with van der Waals surface area (Å²) in [7, 11) is 1.50. The van der Waals surface area contributed by atoms with Crippen molar-refractivity contribution in [2.45, 2.75) is 27.7 Å². The molecule has 0 aliphatic carbocycles. The van der Waals surface area contributed by atoms with Crippen molar-refractivity contribution in [2.24, 2.45) is 5.41 Å². The van der Waals surface area contributed by atoms with Gasteiger partial charge in [-0.1, -0.05) is 29.8 Å². The van der Waals surface area contributed by atoms with Crippen LogP contribution in [0.5, 0.6) is 5.75 Å². The molecule has 0 spiro atoms. The molecule has 5 nitrogen and oxygen atoms in total. The average molecular weight is 389 g/mol. The Morgan fingerprint density at radius 1 is 1.19 bits per heavy atom. The molecule has 144 valence electrons. The minimum Gasteiger partial charge on any atom is -0.495 e. The average Bonchev–Trinajstić information content (AvgIpc) is 2.65. The highest BCUT2D eigenvalue weighted by atomic mass is 35.5. The van der Waals surface area contributed by atoms with Crippen molar-refractivity contribution in [1.82, 2.24) is 0 Å². The molecule has 1 N–H and O–H groups in total. The second-order valence-corrected chi connectivity index (χ2v) is 7.17. The van der Waals surface area contributed by atoms with Crippen LogP contribution < -0.4 is 15.0 Å². The fourth-order valence-electron chi connectivity index (χ4n) is 2.69. The summed E-state index contributed by atoms with van der Waals surface area (Å²) in [5.41, 5.74) is 0.764. The summed E-state index contributed by atoms with van der Waals surface area (Å²) >= 11 is 6.12. The van der Waals surface area contributed by atoms with Gasteiger partial charge in [0.05, 0.1) is 12.8 Å². The Morgan fingerprint density at radius 3 is 2.37 bits per heavy atom. The number of ether oxygens (including phenoxy) is 1. The molecule has 0 aromatic heterocycles. The van der Waals surface area contributed by atoms with Crippen LogP contribution in [0.3, 0.4) is 0 Å². The Bertz CT molecular complexity index is 835. The van der Waals surface area contributed by atoms with Crippen LogP contribution in [0.1, 0.15) is 26.3 Å². The lowest BCUT2D eigenvalue weighted by atomic mass is 9.89. The maximum absolute atomic E-state index is 13.1. The van der Waals surface area contributed by atoms with Crippen molar-refractivity contribution in [3.8, 4) is 5.75 Å². The van der Waals surface area contributed by atoms with E-state index in [2.05, 4.69) is 5.32 Å². The SMILES string of the molecule is CCN(C(=O)C(C)(C)C(=O)Nc1cc(C)c(Cl)cc1OC)c1ccccc1. The van der Waals surface area contributed by atoms with Gasteiger partial charge in [0.2, 0.25) is 11.8 Å². The molecule has 2 rings (SSSR count). The number of para-hydroxylation sites is 1. The highest BCUT2D eigenvalue weighted by molar-refractivity contribution is 6.31. The Balaban J connectivity index is 2.29. The molecule has 0 saturated heterocycles. The first-order chi connectivity index (χ1) is 12.7. The maximum atomic E-state index is 13.1. The van der Waals surface area contributed by atoms with Crippen LogP contribution in [0.25, 0.3) is 0 Å². The number of aryl methyl sites for hydroxylation is 1. The lowest BCUT2D eigenvalue weighted by Crippen LogP contribution is -2.47. The summed E-state index contributed by atoms with van der Waals surface area (Å²) in [4.78, 5) is 27.7. The van der Waals surface area contributed by atoms with Gasteiger partial charge in [-0.05, 0) is 51.5 Å². The van der Waals surface area contributed by atoms with Crippen molar-refractivity contribution < 1.29 is 14.3 Å². The van der Waals surface area contributed by atoms with Gasteiger partial charge >= 0.3 is 0 Å². The van der Waals surface area contributed by atoms with Gasteiger partial charge in [0.15, 0.2) is 0 Å². The number of hydrogen-bond donors (Lipinski definition) is 1. The van der Waals surface area contributed by atoms with Crippen LogP contribution in [-0.4, -0.2) is 25.5 Å². The number of halogens is 1. The maximum Gasteiger partial charge on any atom is 0.242 e. The predicted octanol–water partition coefficient (Wildman–Crippen LogP) is 4.67. The van der Waals surface area contributed by atoms with Gasteiger partial charge in [-0.3, -0.25) is 9.59 Å². The van der Waals surface area contributed by atoms with Crippen LogP contribution in [0.2, 0.25) is 5.02 Å². The number of nitrogens with zero attached hydrogens (tertiary/aromatic N) is 1. The first kappa shape index (κ1) is 20.8. The summed E-state index contributed by atoms with van der Waals surface area (Å²) in [5, 5.41) is 3.35. The molecule has 0 saturated carbocycles. The van der Waals surface area contributed by atoms with E-state index in [-0.39, 0.29) is 5.91 Å². The summed E-state index contributed by atoms with van der Waals surface area (Å²) < 4.78 is 5.30. The van der Waals surface area contributed by atoms with Gasteiger partial charge in [0.1, 0.15) is 11.2 Å². The minimum absolute atomic E-state index is 0.279. The summed E-state index contributed by atoms with van der Waals surface area (Å²) in [6, 6.07) is 12.7. The zero-order valence-electron chi connectivity index (χ0n) is 16.3. The van der Waals surface area contributed by atoms with Gasteiger partial charge < -0.3 is 15.0 Å². The van der Waals surface area contributed by atoms with E-state index in [0.29, 0.717) is 23.0 Å². The molecule has 0 unspecified atom stereocenters. The molecule has 6 heteroatoms. The van der Waals surface area contributed by atoms with E-state index in [1.54, 1.807) is 30.9 Å². The highest BCUT2D eigenvalue weighted by Crippen LogP contribution is 2.33. The summed E-state index contributed by atoms with van der Waals surface area (Å²) in [5.74, 6) is -0.252. The number of nitrogens with one attached hydrogen (secondary N) is 1. The zero-order chi connectivity index (χ0) is 20.2. The molecule has 2 amide bonds. The minimum atomic E-state index is -1.27. The molecule has 2 aromatic rings. The van der Waals surface area contributed by atoms with Crippen molar-refractivity contribution in [1.29, 1.82) is 0 Å². The first-order valence-electron chi connectivity index (χ1n) is 8.75. The molecular formula is C21H25ClN2O3. The van der Waals surface area contributed by atoms with Crippen molar-refractivity contribution >= 4 is 34.8 Å². The fraction of sp³-hybridized carbons (Fsp3) is 0.333. The summed E-state index contributed by atoms with van der Waals surface area (Å²) in [6.07, 6.45) is 0. The van der Waals surface area contributed by atoms with E-state index in [9.17, 15) is 9.59 Å². The monoisotopic (exact) mass is 388 g/mol. The number of anilines is 2. The van der Waals surface area contributed by atoms with Crippen LogP contribution >= 0.6 is 11.6 Å². The Kier molecular flexibility index (Phi) is 6.50. The molecule has 0 radical (unpaired) electrons. The van der Waals surface area contributed by atoms with E-state index < -0.39 is 11.3 Å². The third-order valence-corrected chi connectivity index (χ3v) is 4.87. The topological polar surface area (TPSA) is 58.6 Å². The molecule has 0 bridgehead atoms. The quantitative estimate of drug-likeness (QED) is 0.731. The van der Waals surface area contributed by atoms with Gasteiger partial charge in [0.25, 0.3) is 0 Å². The van der Waals surface area contributed by atoms with E-state index in [0.717, 1.165) is 11.3 Å². The molecule has 0 fully saturated rings. The Morgan fingerprint density at radius 2 is 1.81 bits per heavy atom. The molecule has 0 aliphatic rings. The van der Waals surface area contributed by atoms with E-state index in [1.165, 1.54) is 7.11 Å². The predicted molar refractivity (Wildman–Crippen MR) is 110 cm³/mol. The van der Waals surface area contributed by atoms with E-state index in [1.807, 2.05) is 44.2 Å². The van der Waals surface area contributed by atoms with Crippen molar-refractivity contribution in [3.63, 3.8) is 0 Å². The molecular weight excluding hydrogens is 364 g/mol. The lowest BCUT2D eigenvalue weighted by molar-refractivity contribution is -0.136. The van der Waals surface area contributed by atoms with Crippen molar-refractivity contribution in [2.75, 3.05) is 23.9 Å². The Labute approximate surface area is 165 Å². The lowest BCUT2D eigenvalue weighted by Gasteiger charge is -2.30. The number of rotatable bonds is 6. The fourth-order valence-corrected chi connectivity index (χ4v) is 2.85. The second kappa shape index (κ2) is 8.44.